The second-order valence-electron chi connectivity index (χ2n) is 5.79. The molecule has 1 saturated heterocycles. The van der Waals surface area contributed by atoms with E-state index >= 15 is 0 Å². The molecule has 1 spiro atoms. The molecule has 0 radical (unpaired) electrons. The molecule has 3 aliphatic carbocycles. The first-order valence-electron chi connectivity index (χ1n) is 6.81. The van der Waals surface area contributed by atoms with Crippen molar-refractivity contribution in [3.63, 3.8) is 0 Å². The minimum absolute atomic E-state index is 0.104. The maximum Gasteiger partial charge on any atom is 0.293 e. The monoisotopic (exact) mass is 270 g/mol. The third-order valence-corrected chi connectivity index (χ3v) is 5.30. The van der Waals surface area contributed by atoms with Crippen molar-refractivity contribution in [1.29, 1.82) is 10.5 Å². The zero-order valence-corrected chi connectivity index (χ0v) is 10.9. The average molecular weight is 270 g/mol. The highest BCUT2D eigenvalue weighted by Gasteiger charge is 2.80. The lowest BCUT2D eigenvalue weighted by Crippen LogP contribution is -2.64. The van der Waals surface area contributed by atoms with Crippen molar-refractivity contribution in [3.8, 4) is 12.1 Å². The molecule has 0 amide bonds. The quantitative estimate of drug-likeness (QED) is 0.651. The van der Waals surface area contributed by atoms with Crippen LogP contribution in [-0.4, -0.2) is 25.0 Å². The van der Waals surface area contributed by atoms with E-state index in [1.165, 1.54) is 0 Å². The first-order chi connectivity index (χ1) is 9.67. The molecule has 5 aliphatic rings. The number of allylic oxidation sites excluding steroid dienone is 2. The summed E-state index contributed by atoms with van der Waals surface area (Å²) in [5.41, 5.74) is 3.81. The molecule has 102 valence electrons. The zero-order chi connectivity index (χ0) is 14.0. The van der Waals surface area contributed by atoms with Crippen LogP contribution in [0.25, 0.3) is 0 Å². The summed E-state index contributed by atoms with van der Waals surface area (Å²) >= 11 is 0. The van der Waals surface area contributed by atoms with Gasteiger partial charge in [0, 0.05) is 11.8 Å². The topological polar surface area (TPSA) is 104 Å². The van der Waals surface area contributed by atoms with Gasteiger partial charge in [-0.05, 0) is 12.8 Å². The smallest absolute Gasteiger partial charge is 0.293 e. The molecule has 2 heterocycles. The van der Waals surface area contributed by atoms with E-state index in [2.05, 4.69) is 17.1 Å². The summed E-state index contributed by atoms with van der Waals surface area (Å²) in [6.45, 7) is 0.728. The van der Waals surface area contributed by atoms with E-state index in [9.17, 15) is 10.5 Å². The van der Waals surface area contributed by atoms with Gasteiger partial charge in [-0.2, -0.15) is 10.5 Å². The normalized spacial score (nSPS) is 46.8. The number of fused-ring (bicyclic) bond motifs is 1. The summed E-state index contributed by atoms with van der Waals surface area (Å²) in [4.78, 5) is 4.36. The number of nitrogens with zero attached hydrogens (tertiary/aromatic N) is 3. The van der Waals surface area contributed by atoms with Crippen molar-refractivity contribution in [2.24, 2.45) is 33.4 Å². The number of nitriles is 2. The van der Waals surface area contributed by atoms with Gasteiger partial charge >= 0.3 is 0 Å². The van der Waals surface area contributed by atoms with Crippen molar-refractivity contribution < 1.29 is 9.47 Å². The van der Waals surface area contributed by atoms with Crippen LogP contribution in [0.1, 0.15) is 12.8 Å². The molecular formula is C14H14N4O2. The Morgan fingerprint density at radius 2 is 1.80 bits per heavy atom. The van der Waals surface area contributed by atoms with Gasteiger partial charge in [-0.3, -0.25) is 0 Å². The molecule has 2 N–H and O–H groups in total. The molecule has 0 unspecified atom stereocenters. The van der Waals surface area contributed by atoms with Crippen LogP contribution in [0.5, 0.6) is 0 Å². The third-order valence-electron chi connectivity index (χ3n) is 5.30. The van der Waals surface area contributed by atoms with Gasteiger partial charge in [0.05, 0.1) is 25.4 Å². The number of hydrogen-bond donors (Lipinski definition) is 1. The summed E-state index contributed by atoms with van der Waals surface area (Å²) in [5.74, 6) is -1.45. The number of amidine groups is 1. The zero-order valence-electron chi connectivity index (χ0n) is 10.9. The standard InChI is InChI=1S/C14H14N4O2/c15-7-12-9-1-3-10(4-2-9)13(12,8-16)14(18-11(12)17)19-5-6-20-14/h1,3,9-10H,2,4-6H2,(H2,17,18)/t9-,10-,12-,13-/m0/s1. The minimum Gasteiger partial charge on any atom is -0.386 e. The van der Waals surface area contributed by atoms with Crippen molar-refractivity contribution in [3.05, 3.63) is 12.2 Å². The maximum absolute atomic E-state index is 9.99. The van der Waals surface area contributed by atoms with Crippen LogP contribution in [-0.2, 0) is 9.47 Å². The van der Waals surface area contributed by atoms with Crippen molar-refractivity contribution >= 4 is 5.84 Å². The lowest BCUT2D eigenvalue weighted by atomic mass is 9.45. The van der Waals surface area contributed by atoms with Crippen LogP contribution in [0.3, 0.4) is 0 Å². The Balaban J connectivity index is 2.05. The van der Waals surface area contributed by atoms with Crippen LogP contribution in [0.2, 0.25) is 0 Å². The molecule has 2 fully saturated rings. The van der Waals surface area contributed by atoms with E-state index in [0.717, 1.165) is 12.8 Å². The highest BCUT2D eigenvalue weighted by molar-refractivity contribution is 5.95. The van der Waals surface area contributed by atoms with E-state index in [1.807, 2.05) is 12.2 Å². The predicted molar refractivity (Wildman–Crippen MR) is 67.7 cm³/mol. The molecular weight excluding hydrogens is 256 g/mol. The van der Waals surface area contributed by atoms with E-state index in [0.29, 0.717) is 13.2 Å². The molecule has 5 rings (SSSR count). The molecule has 1 saturated carbocycles. The first-order valence-corrected chi connectivity index (χ1v) is 6.81. The van der Waals surface area contributed by atoms with Crippen LogP contribution < -0.4 is 5.73 Å². The van der Waals surface area contributed by atoms with Crippen molar-refractivity contribution in [2.75, 3.05) is 13.2 Å². The third kappa shape index (κ3) is 0.895. The molecule has 20 heavy (non-hydrogen) atoms. The SMILES string of the molecule is N#C[C@]12C(N)=NC3(OCCO3)[C@@]1(C#N)[C@H]1C=C[C@H]2CC1. The number of nitrogens with two attached hydrogens (primary N) is 1. The Hall–Kier alpha value is -1.89. The number of rotatable bonds is 0. The molecule has 6 nitrogen and oxygen atoms in total. The van der Waals surface area contributed by atoms with E-state index in [-0.39, 0.29) is 17.7 Å². The van der Waals surface area contributed by atoms with Gasteiger partial charge in [0.25, 0.3) is 5.91 Å². The number of ether oxygens (including phenoxy) is 2. The minimum atomic E-state index is -1.41. The molecule has 6 heteroatoms. The summed E-state index contributed by atoms with van der Waals surface area (Å²) in [5, 5.41) is 19.9. The highest BCUT2D eigenvalue weighted by atomic mass is 16.8. The lowest BCUT2D eigenvalue weighted by Gasteiger charge is -2.54. The fourth-order valence-corrected chi connectivity index (χ4v) is 4.50. The molecule has 2 bridgehead atoms. The van der Waals surface area contributed by atoms with Gasteiger partial charge in [0.2, 0.25) is 0 Å². The lowest BCUT2D eigenvalue weighted by molar-refractivity contribution is -0.244. The van der Waals surface area contributed by atoms with Crippen LogP contribution in [0, 0.1) is 45.3 Å². The second kappa shape index (κ2) is 3.41. The summed E-state index contributed by atoms with van der Waals surface area (Å²) in [6, 6.07) is 4.66. The Labute approximate surface area is 116 Å². The maximum atomic E-state index is 9.99. The highest BCUT2D eigenvalue weighted by Crippen LogP contribution is 2.69. The Morgan fingerprint density at radius 3 is 2.35 bits per heavy atom. The van der Waals surface area contributed by atoms with Gasteiger partial charge in [0.15, 0.2) is 5.41 Å². The Morgan fingerprint density at radius 1 is 1.15 bits per heavy atom. The van der Waals surface area contributed by atoms with Crippen LogP contribution in [0.4, 0.5) is 0 Å². The Kier molecular flexibility index (Phi) is 2.03. The van der Waals surface area contributed by atoms with Gasteiger partial charge < -0.3 is 15.2 Å². The fraction of sp³-hybridized carbons (Fsp3) is 0.643. The summed E-state index contributed by atoms with van der Waals surface area (Å²) in [6.07, 6.45) is 5.68. The average Bonchev–Trinajstić information content (AvgIpc) is 3.04. The molecule has 0 aromatic rings. The number of hydrogen-bond acceptors (Lipinski definition) is 6. The predicted octanol–water partition coefficient (Wildman–Crippen LogP) is 0.674. The fourth-order valence-electron chi connectivity index (χ4n) is 4.50. The Bertz CT molecular complexity index is 622. The van der Waals surface area contributed by atoms with Crippen molar-refractivity contribution in [1.82, 2.24) is 0 Å². The van der Waals surface area contributed by atoms with E-state index < -0.39 is 16.7 Å². The van der Waals surface area contributed by atoms with Crippen molar-refractivity contribution in [2.45, 2.75) is 18.8 Å². The molecule has 4 atom stereocenters. The van der Waals surface area contributed by atoms with Gasteiger partial charge in [-0.15, -0.1) is 0 Å². The van der Waals surface area contributed by atoms with E-state index in [4.69, 9.17) is 15.2 Å². The molecule has 2 aliphatic heterocycles. The largest absolute Gasteiger partial charge is 0.386 e. The summed E-state index contributed by atoms with van der Waals surface area (Å²) in [7, 11) is 0. The second-order valence-corrected chi connectivity index (χ2v) is 5.79. The van der Waals surface area contributed by atoms with Crippen LogP contribution >= 0.6 is 0 Å². The molecule has 0 aromatic heterocycles. The van der Waals surface area contributed by atoms with Crippen LogP contribution in [0.15, 0.2) is 17.1 Å². The molecule has 0 aromatic carbocycles. The van der Waals surface area contributed by atoms with Gasteiger partial charge in [-0.1, -0.05) is 12.2 Å². The van der Waals surface area contributed by atoms with Gasteiger partial charge in [0.1, 0.15) is 11.3 Å². The first kappa shape index (κ1) is 11.9. The summed E-state index contributed by atoms with van der Waals surface area (Å²) < 4.78 is 11.4. The number of aliphatic imine (C=N–C) groups is 1. The van der Waals surface area contributed by atoms with E-state index in [1.54, 1.807) is 0 Å². The van der Waals surface area contributed by atoms with Gasteiger partial charge in [-0.25, -0.2) is 4.99 Å².